The van der Waals surface area contributed by atoms with Crippen molar-refractivity contribution in [1.29, 1.82) is 0 Å². The largest absolute Gasteiger partial charge is 0.434 e. The second-order valence-electron chi connectivity index (χ2n) is 4.18. The lowest BCUT2D eigenvalue weighted by molar-refractivity contribution is -0.0512. The van der Waals surface area contributed by atoms with Crippen LogP contribution in [0, 0.1) is 5.92 Å². The van der Waals surface area contributed by atoms with Crippen LogP contribution in [0.5, 0.6) is 5.75 Å². The van der Waals surface area contributed by atoms with Crippen LogP contribution >= 0.6 is 12.4 Å². The zero-order valence-corrected chi connectivity index (χ0v) is 11.0. The molecule has 3 nitrogen and oxygen atoms in total. The fourth-order valence-electron chi connectivity index (χ4n) is 1.56. The molecule has 3 N–H and O–H groups in total. The Bertz CT molecular complexity index is 364. The third-order valence-electron chi connectivity index (χ3n) is 2.55. The molecule has 0 fully saturated rings. The maximum Gasteiger partial charge on any atom is 0.387 e. The maximum atomic E-state index is 12.2. The molecule has 2 atom stereocenters. The van der Waals surface area contributed by atoms with Crippen LogP contribution in [0.4, 0.5) is 8.78 Å². The third kappa shape index (κ3) is 4.40. The number of nitrogens with two attached hydrogens (primary N) is 1. The lowest BCUT2D eigenvalue weighted by Gasteiger charge is -2.24. The highest BCUT2D eigenvalue weighted by atomic mass is 35.5. The molecule has 0 bridgehead atoms. The molecule has 0 aromatic heterocycles. The van der Waals surface area contributed by atoms with Crippen molar-refractivity contribution in [3.05, 3.63) is 29.8 Å². The van der Waals surface area contributed by atoms with Crippen LogP contribution in [0.15, 0.2) is 24.3 Å². The summed E-state index contributed by atoms with van der Waals surface area (Å²) in [5.74, 6) is -0.0562. The molecular formula is C12H18ClF2NO2. The van der Waals surface area contributed by atoms with E-state index < -0.39 is 18.8 Å². The van der Waals surface area contributed by atoms with Crippen LogP contribution in [0.3, 0.4) is 0 Å². The van der Waals surface area contributed by atoms with Crippen molar-refractivity contribution in [1.82, 2.24) is 0 Å². The van der Waals surface area contributed by atoms with E-state index in [-0.39, 0.29) is 24.1 Å². The van der Waals surface area contributed by atoms with Crippen molar-refractivity contribution in [3.63, 3.8) is 0 Å². The minimum atomic E-state index is -2.90. The van der Waals surface area contributed by atoms with Gasteiger partial charge in [-0.05, 0) is 12.0 Å². The predicted molar refractivity (Wildman–Crippen MR) is 68.1 cm³/mol. The summed E-state index contributed by atoms with van der Waals surface area (Å²) >= 11 is 0. The molecule has 0 amide bonds. The highest BCUT2D eigenvalue weighted by Crippen LogP contribution is 2.29. The molecule has 0 spiro atoms. The molecule has 0 aliphatic rings. The molecule has 0 heterocycles. The number of aliphatic hydroxyl groups is 1. The first kappa shape index (κ1) is 17.1. The topological polar surface area (TPSA) is 55.5 Å². The minimum absolute atomic E-state index is 0. The number of halogens is 3. The van der Waals surface area contributed by atoms with Gasteiger partial charge in [-0.25, -0.2) is 0 Å². The van der Waals surface area contributed by atoms with E-state index in [9.17, 15) is 13.9 Å². The number of aliphatic hydroxyl groups excluding tert-OH is 1. The fourth-order valence-corrected chi connectivity index (χ4v) is 1.56. The molecule has 0 radical (unpaired) electrons. The lowest BCUT2D eigenvalue weighted by Crippen LogP contribution is -2.31. The van der Waals surface area contributed by atoms with Gasteiger partial charge in [0.1, 0.15) is 5.75 Å². The normalized spacial score (nSPS) is 14.2. The average molecular weight is 282 g/mol. The lowest BCUT2D eigenvalue weighted by atomic mass is 9.94. The van der Waals surface area contributed by atoms with Crippen molar-refractivity contribution >= 4 is 12.4 Å². The quantitative estimate of drug-likeness (QED) is 0.872. The molecule has 18 heavy (non-hydrogen) atoms. The van der Waals surface area contributed by atoms with Gasteiger partial charge in [-0.2, -0.15) is 8.78 Å². The van der Waals surface area contributed by atoms with Gasteiger partial charge in [0.05, 0.1) is 12.1 Å². The van der Waals surface area contributed by atoms with Gasteiger partial charge >= 0.3 is 6.61 Å². The van der Waals surface area contributed by atoms with E-state index in [2.05, 4.69) is 4.74 Å². The number of para-hydroxylation sites is 1. The summed E-state index contributed by atoms with van der Waals surface area (Å²) in [5.41, 5.74) is 6.22. The van der Waals surface area contributed by atoms with Gasteiger partial charge in [0, 0.05) is 5.56 Å². The number of alkyl halides is 2. The van der Waals surface area contributed by atoms with Gasteiger partial charge in [-0.1, -0.05) is 32.0 Å². The Morgan fingerprint density at radius 1 is 1.22 bits per heavy atom. The predicted octanol–water partition coefficient (Wildman–Crippen LogP) is 2.73. The standard InChI is InChI=1S/C12H17F2NO2.ClH/c1-7(2)11(16)10(15)8-5-3-4-6-9(8)17-12(13)14;/h3-7,10-12,16H,15H2,1-2H3;1H/t10-,11+;/m0./s1. The van der Waals surface area contributed by atoms with E-state index in [1.807, 2.05) is 0 Å². The molecule has 0 saturated carbocycles. The summed E-state index contributed by atoms with van der Waals surface area (Å²) < 4.78 is 28.8. The number of ether oxygens (including phenoxy) is 1. The second kappa shape index (κ2) is 7.51. The van der Waals surface area contributed by atoms with Gasteiger partial charge in [0.25, 0.3) is 0 Å². The van der Waals surface area contributed by atoms with Crippen molar-refractivity contribution in [2.45, 2.75) is 32.6 Å². The summed E-state index contributed by atoms with van der Waals surface area (Å²) in [5, 5.41) is 9.84. The Morgan fingerprint density at radius 2 is 1.78 bits per heavy atom. The van der Waals surface area contributed by atoms with Crippen LogP contribution in [-0.2, 0) is 0 Å². The van der Waals surface area contributed by atoms with Gasteiger partial charge < -0.3 is 15.6 Å². The highest BCUT2D eigenvalue weighted by molar-refractivity contribution is 5.85. The summed E-state index contributed by atoms with van der Waals surface area (Å²) in [6.07, 6.45) is -0.808. The van der Waals surface area contributed by atoms with E-state index in [0.717, 1.165) is 0 Å². The molecule has 1 aromatic rings. The first-order valence-electron chi connectivity index (χ1n) is 5.41. The zero-order chi connectivity index (χ0) is 13.0. The van der Waals surface area contributed by atoms with Crippen LogP contribution in [0.1, 0.15) is 25.5 Å². The summed E-state index contributed by atoms with van der Waals surface area (Å²) in [4.78, 5) is 0. The van der Waals surface area contributed by atoms with E-state index in [1.54, 1.807) is 32.0 Å². The van der Waals surface area contributed by atoms with Crippen LogP contribution in [0.25, 0.3) is 0 Å². The molecule has 104 valence electrons. The monoisotopic (exact) mass is 281 g/mol. The Balaban J connectivity index is 0.00000289. The minimum Gasteiger partial charge on any atom is -0.434 e. The number of benzene rings is 1. The molecule has 0 saturated heterocycles. The summed E-state index contributed by atoms with van der Waals surface area (Å²) in [6, 6.07) is 5.49. The molecule has 0 aliphatic carbocycles. The zero-order valence-electron chi connectivity index (χ0n) is 10.2. The molecule has 1 aromatic carbocycles. The molecule has 1 rings (SSSR count). The van der Waals surface area contributed by atoms with Gasteiger partial charge in [-0.3, -0.25) is 0 Å². The molecular weight excluding hydrogens is 264 g/mol. The van der Waals surface area contributed by atoms with Crippen molar-refractivity contribution in [2.24, 2.45) is 11.7 Å². The van der Waals surface area contributed by atoms with Crippen LogP contribution in [0.2, 0.25) is 0 Å². The Labute approximate surface area is 111 Å². The molecule has 0 aliphatic heterocycles. The fraction of sp³-hybridized carbons (Fsp3) is 0.500. The Kier molecular flexibility index (Phi) is 7.13. The van der Waals surface area contributed by atoms with Crippen LogP contribution in [-0.4, -0.2) is 17.8 Å². The SMILES string of the molecule is CC(C)[C@@H](O)[C@@H](N)c1ccccc1OC(F)F.Cl. The number of hydrogen-bond donors (Lipinski definition) is 2. The average Bonchev–Trinajstić information content (AvgIpc) is 2.27. The van der Waals surface area contributed by atoms with Gasteiger partial charge in [-0.15, -0.1) is 12.4 Å². The van der Waals surface area contributed by atoms with Crippen molar-refractivity contribution < 1.29 is 18.6 Å². The summed E-state index contributed by atoms with van der Waals surface area (Å²) in [7, 11) is 0. The van der Waals surface area contributed by atoms with Gasteiger partial charge in [0.15, 0.2) is 0 Å². The number of hydrogen-bond acceptors (Lipinski definition) is 3. The first-order valence-corrected chi connectivity index (χ1v) is 5.41. The van der Waals surface area contributed by atoms with E-state index in [1.165, 1.54) is 6.07 Å². The molecule has 6 heteroatoms. The van der Waals surface area contributed by atoms with Crippen LogP contribution < -0.4 is 10.5 Å². The van der Waals surface area contributed by atoms with Crippen molar-refractivity contribution in [3.8, 4) is 5.75 Å². The second-order valence-corrected chi connectivity index (χ2v) is 4.18. The van der Waals surface area contributed by atoms with E-state index in [0.29, 0.717) is 5.56 Å². The van der Waals surface area contributed by atoms with Crippen molar-refractivity contribution in [2.75, 3.05) is 0 Å². The Morgan fingerprint density at radius 3 is 2.28 bits per heavy atom. The number of rotatable bonds is 5. The summed E-state index contributed by atoms with van der Waals surface area (Å²) in [6.45, 7) is 0.710. The smallest absolute Gasteiger partial charge is 0.387 e. The third-order valence-corrected chi connectivity index (χ3v) is 2.55. The Hall–Kier alpha value is -0.910. The highest BCUT2D eigenvalue weighted by Gasteiger charge is 2.23. The first-order chi connectivity index (χ1) is 7.93. The maximum absolute atomic E-state index is 12.2. The molecule has 0 unspecified atom stereocenters. The van der Waals surface area contributed by atoms with E-state index in [4.69, 9.17) is 5.73 Å². The van der Waals surface area contributed by atoms with Gasteiger partial charge in [0.2, 0.25) is 0 Å². The van der Waals surface area contributed by atoms with E-state index >= 15 is 0 Å².